The number of rotatable bonds is 5. The molecule has 4 nitrogen and oxygen atoms in total. The van der Waals surface area contributed by atoms with Crippen LogP contribution in [0.25, 0.3) is 0 Å². The van der Waals surface area contributed by atoms with E-state index < -0.39 is 0 Å². The molecule has 84 valence electrons. The van der Waals surface area contributed by atoms with Crippen molar-refractivity contribution in [3.63, 3.8) is 0 Å². The third-order valence-electron chi connectivity index (χ3n) is 2.21. The second kappa shape index (κ2) is 5.56. The van der Waals surface area contributed by atoms with Crippen molar-refractivity contribution in [1.29, 1.82) is 0 Å². The van der Waals surface area contributed by atoms with E-state index in [9.17, 15) is 4.79 Å². The summed E-state index contributed by atoms with van der Waals surface area (Å²) in [7, 11) is 3.54. The molecule has 0 saturated carbocycles. The fourth-order valence-corrected chi connectivity index (χ4v) is 1.26. The van der Waals surface area contributed by atoms with Crippen molar-refractivity contribution in [2.75, 3.05) is 20.6 Å². The Bertz CT molecular complexity index is 317. The molecule has 0 aliphatic heterocycles. The van der Waals surface area contributed by atoms with Crippen molar-refractivity contribution in [3.8, 4) is 0 Å². The molecule has 4 heteroatoms. The van der Waals surface area contributed by atoms with Gasteiger partial charge in [0.2, 0.25) is 5.91 Å². The lowest BCUT2D eigenvalue weighted by Crippen LogP contribution is -2.25. The molecule has 0 saturated heterocycles. The van der Waals surface area contributed by atoms with E-state index >= 15 is 0 Å². The maximum Gasteiger partial charge on any atom is 0.241 e. The van der Waals surface area contributed by atoms with Crippen LogP contribution in [0.2, 0.25) is 0 Å². The van der Waals surface area contributed by atoms with Crippen molar-refractivity contribution in [1.82, 2.24) is 14.8 Å². The van der Waals surface area contributed by atoms with E-state index in [2.05, 4.69) is 12.2 Å². The molecule has 1 N–H and O–H groups in total. The molecular weight excluding hydrogens is 190 g/mol. The first kappa shape index (κ1) is 11.8. The molecule has 0 fully saturated rings. The number of nitrogens with zero attached hydrogens (tertiary/aromatic N) is 2. The summed E-state index contributed by atoms with van der Waals surface area (Å²) in [5.74, 6) is 0.112. The summed E-state index contributed by atoms with van der Waals surface area (Å²) < 4.78 is 1.91. The van der Waals surface area contributed by atoms with Gasteiger partial charge in [-0.1, -0.05) is 6.92 Å². The molecule has 0 radical (unpaired) electrons. The number of likely N-dealkylation sites (N-methyl/N-ethyl adjacent to an activating group) is 1. The van der Waals surface area contributed by atoms with Crippen molar-refractivity contribution >= 4 is 5.91 Å². The van der Waals surface area contributed by atoms with Crippen LogP contribution in [-0.4, -0.2) is 36.0 Å². The summed E-state index contributed by atoms with van der Waals surface area (Å²) in [6.07, 6.45) is 3.94. The number of amides is 1. The molecule has 0 aliphatic rings. The van der Waals surface area contributed by atoms with Gasteiger partial charge in [0.05, 0.1) is 0 Å². The zero-order valence-electron chi connectivity index (χ0n) is 9.66. The molecule has 1 heterocycles. The van der Waals surface area contributed by atoms with Crippen LogP contribution in [0.5, 0.6) is 0 Å². The van der Waals surface area contributed by atoms with Gasteiger partial charge in [0.25, 0.3) is 0 Å². The molecule has 0 aliphatic carbocycles. The summed E-state index contributed by atoms with van der Waals surface area (Å²) in [5, 5.41) is 3.25. The Hall–Kier alpha value is -1.29. The third-order valence-corrected chi connectivity index (χ3v) is 2.21. The van der Waals surface area contributed by atoms with Gasteiger partial charge in [-0.25, -0.2) is 0 Å². The Morgan fingerprint density at radius 3 is 2.87 bits per heavy atom. The van der Waals surface area contributed by atoms with Gasteiger partial charge in [0.1, 0.15) is 6.54 Å². The predicted octanol–water partition coefficient (Wildman–Crippen LogP) is 0.686. The third kappa shape index (κ3) is 3.75. The molecular formula is C11H19N3O. The molecule has 1 amide bonds. The van der Waals surface area contributed by atoms with E-state index in [1.807, 2.05) is 23.0 Å². The van der Waals surface area contributed by atoms with Crippen LogP contribution in [0.4, 0.5) is 0 Å². The van der Waals surface area contributed by atoms with Gasteiger partial charge in [-0.05, 0) is 18.2 Å². The molecule has 0 unspecified atom stereocenters. The molecule has 0 aromatic carbocycles. The smallest absolute Gasteiger partial charge is 0.241 e. The average molecular weight is 209 g/mol. The first-order valence-corrected chi connectivity index (χ1v) is 5.19. The van der Waals surface area contributed by atoms with Gasteiger partial charge >= 0.3 is 0 Å². The van der Waals surface area contributed by atoms with Crippen molar-refractivity contribution in [2.45, 2.75) is 20.0 Å². The van der Waals surface area contributed by atoms with E-state index in [1.54, 1.807) is 19.0 Å². The van der Waals surface area contributed by atoms with Crippen molar-refractivity contribution < 1.29 is 4.79 Å². The molecule has 1 aromatic heterocycles. The Labute approximate surface area is 90.9 Å². The van der Waals surface area contributed by atoms with Gasteiger partial charge in [-0.2, -0.15) is 0 Å². The quantitative estimate of drug-likeness (QED) is 0.774. The first-order chi connectivity index (χ1) is 7.13. The summed E-state index contributed by atoms with van der Waals surface area (Å²) >= 11 is 0. The topological polar surface area (TPSA) is 37.3 Å². The van der Waals surface area contributed by atoms with E-state index in [1.165, 1.54) is 5.56 Å². The van der Waals surface area contributed by atoms with Gasteiger partial charge < -0.3 is 14.8 Å². The Morgan fingerprint density at radius 1 is 1.53 bits per heavy atom. The normalized spacial score (nSPS) is 10.3. The fourth-order valence-electron chi connectivity index (χ4n) is 1.26. The minimum absolute atomic E-state index is 0.112. The molecule has 15 heavy (non-hydrogen) atoms. The van der Waals surface area contributed by atoms with E-state index in [0.29, 0.717) is 6.54 Å². The second-order valence-corrected chi connectivity index (χ2v) is 3.76. The van der Waals surface area contributed by atoms with Crippen LogP contribution < -0.4 is 5.32 Å². The van der Waals surface area contributed by atoms with Crippen LogP contribution in [0.15, 0.2) is 18.5 Å². The minimum atomic E-state index is 0.112. The zero-order valence-corrected chi connectivity index (χ0v) is 9.66. The van der Waals surface area contributed by atoms with Crippen LogP contribution >= 0.6 is 0 Å². The van der Waals surface area contributed by atoms with Gasteiger partial charge in [-0.15, -0.1) is 0 Å². The molecule has 1 rings (SSSR count). The Morgan fingerprint density at radius 2 is 2.27 bits per heavy atom. The lowest BCUT2D eigenvalue weighted by molar-refractivity contribution is -0.129. The number of hydrogen-bond donors (Lipinski definition) is 1. The molecule has 1 aromatic rings. The highest BCUT2D eigenvalue weighted by Crippen LogP contribution is 2.01. The monoisotopic (exact) mass is 209 g/mol. The number of nitrogens with one attached hydrogen (secondary N) is 1. The highest BCUT2D eigenvalue weighted by molar-refractivity contribution is 5.75. The lowest BCUT2D eigenvalue weighted by atomic mass is 10.3. The number of aromatic nitrogens is 1. The highest BCUT2D eigenvalue weighted by atomic mass is 16.2. The minimum Gasteiger partial charge on any atom is -0.347 e. The lowest BCUT2D eigenvalue weighted by Gasteiger charge is -2.10. The largest absolute Gasteiger partial charge is 0.347 e. The maximum absolute atomic E-state index is 11.4. The van der Waals surface area contributed by atoms with Gasteiger partial charge in [0, 0.05) is 33.0 Å². The van der Waals surface area contributed by atoms with Crippen molar-refractivity contribution in [3.05, 3.63) is 24.0 Å². The number of carbonyl (C=O) groups excluding carboxylic acids is 1. The summed E-state index contributed by atoms with van der Waals surface area (Å²) in [6, 6.07) is 2.03. The van der Waals surface area contributed by atoms with Crippen molar-refractivity contribution in [2.24, 2.45) is 0 Å². The average Bonchev–Trinajstić information content (AvgIpc) is 2.62. The SMILES string of the molecule is CCNCc1ccn(CC(=O)N(C)C)c1. The van der Waals surface area contributed by atoms with Gasteiger partial charge in [0.15, 0.2) is 0 Å². The Kier molecular flexibility index (Phi) is 4.37. The Balaban J connectivity index is 2.49. The number of hydrogen-bond acceptors (Lipinski definition) is 2. The zero-order chi connectivity index (χ0) is 11.3. The van der Waals surface area contributed by atoms with Crippen LogP contribution in [0.3, 0.4) is 0 Å². The van der Waals surface area contributed by atoms with E-state index in [0.717, 1.165) is 13.1 Å². The summed E-state index contributed by atoms with van der Waals surface area (Å²) in [6.45, 7) is 4.31. The standard InChI is InChI=1S/C11H19N3O/c1-4-12-7-10-5-6-14(8-10)9-11(15)13(2)3/h5-6,8,12H,4,7,9H2,1-3H3. The van der Waals surface area contributed by atoms with Crippen LogP contribution in [-0.2, 0) is 17.9 Å². The predicted molar refractivity (Wildman–Crippen MR) is 60.5 cm³/mol. The first-order valence-electron chi connectivity index (χ1n) is 5.19. The van der Waals surface area contributed by atoms with E-state index in [4.69, 9.17) is 0 Å². The maximum atomic E-state index is 11.4. The molecule has 0 atom stereocenters. The second-order valence-electron chi connectivity index (χ2n) is 3.76. The fraction of sp³-hybridized carbons (Fsp3) is 0.545. The molecule has 0 bridgehead atoms. The molecule has 0 spiro atoms. The van der Waals surface area contributed by atoms with Crippen LogP contribution in [0, 0.1) is 0 Å². The van der Waals surface area contributed by atoms with Gasteiger partial charge in [-0.3, -0.25) is 4.79 Å². The number of carbonyl (C=O) groups is 1. The summed E-state index contributed by atoms with van der Waals surface area (Å²) in [4.78, 5) is 13.0. The van der Waals surface area contributed by atoms with Crippen LogP contribution in [0.1, 0.15) is 12.5 Å². The van der Waals surface area contributed by atoms with E-state index in [-0.39, 0.29) is 5.91 Å². The highest BCUT2D eigenvalue weighted by Gasteiger charge is 2.04. The summed E-state index contributed by atoms with van der Waals surface area (Å²) in [5.41, 5.74) is 1.21.